The van der Waals surface area contributed by atoms with E-state index < -0.39 is 0 Å². The zero-order valence-electron chi connectivity index (χ0n) is 14.3. The lowest BCUT2D eigenvalue weighted by molar-refractivity contribution is 0.232. The fraction of sp³-hybridized carbons (Fsp3) is 0.391. The Hall–Kier alpha value is -1.86. The van der Waals surface area contributed by atoms with Crippen LogP contribution in [-0.2, 0) is 6.42 Å². The zero-order valence-corrected chi connectivity index (χ0v) is 14.3. The topological polar surface area (TPSA) is 3.24 Å². The number of benzene rings is 2. The van der Waals surface area contributed by atoms with Crippen LogP contribution in [0.25, 0.3) is 11.1 Å². The maximum Gasteiger partial charge on any atom is 0.0139 e. The summed E-state index contributed by atoms with van der Waals surface area (Å²) in [4.78, 5) is 2.75. The van der Waals surface area contributed by atoms with E-state index in [0.29, 0.717) is 0 Å². The SMILES string of the molecule is c1ccc2c(c1)Cc1ccccc1C1=C2CCC(N2CCCC2)C1. The minimum absolute atomic E-state index is 0.754. The molecule has 0 radical (unpaired) electrons. The predicted molar refractivity (Wildman–Crippen MR) is 101 cm³/mol. The smallest absolute Gasteiger partial charge is 0.0139 e. The largest absolute Gasteiger partial charge is 0.300 e. The second kappa shape index (κ2) is 5.89. The van der Waals surface area contributed by atoms with Gasteiger partial charge in [0.2, 0.25) is 0 Å². The quantitative estimate of drug-likeness (QED) is 0.703. The van der Waals surface area contributed by atoms with Gasteiger partial charge >= 0.3 is 0 Å². The molecule has 0 saturated carbocycles. The number of likely N-dealkylation sites (tertiary alicyclic amines) is 1. The molecular weight excluding hydrogens is 290 g/mol. The van der Waals surface area contributed by atoms with Gasteiger partial charge in [-0.15, -0.1) is 0 Å². The number of hydrogen-bond acceptors (Lipinski definition) is 1. The van der Waals surface area contributed by atoms with Crippen molar-refractivity contribution in [1.82, 2.24) is 4.90 Å². The summed E-state index contributed by atoms with van der Waals surface area (Å²) in [5.41, 5.74) is 9.33. The highest BCUT2D eigenvalue weighted by Crippen LogP contribution is 2.44. The van der Waals surface area contributed by atoms with Crippen molar-refractivity contribution in [3.63, 3.8) is 0 Å². The zero-order chi connectivity index (χ0) is 15.9. The summed E-state index contributed by atoms with van der Waals surface area (Å²) >= 11 is 0. The van der Waals surface area contributed by atoms with Crippen LogP contribution in [0.5, 0.6) is 0 Å². The normalized spacial score (nSPS) is 23.4. The molecule has 122 valence electrons. The standard InChI is InChI=1S/C23H25N/c1-3-9-20-17(7-1)15-18-8-2-4-10-21(18)23-16-19(11-12-22(20)23)24-13-5-6-14-24/h1-4,7-10,19H,5-6,11-16H2. The maximum absolute atomic E-state index is 2.75. The van der Waals surface area contributed by atoms with Gasteiger partial charge in [0.1, 0.15) is 0 Å². The van der Waals surface area contributed by atoms with Gasteiger partial charge in [-0.1, -0.05) is 48.5 Å². The Bertz CT molecular complexity index is 795. The van der Waals surface area contributed by atoms with Crippen LogP contribution >= 0.6 is 0 Å². The van der Waals surface area contributed by atoms with Gasteiger partial charge in [0.25, 0.3) is 0 Å². The molecule has 0 N–H and O–H groups in total. The number of nitrogens with zero attached hydrogens (tertiary/aromatic N) is 1. The third kappa shape index (κ3) is 2.34. The van der Waals surface area contributed by atoms with Gasteiger partial charge in [-0.25, -0.2) is 0 Å². The molecule has 1 nitrogen and oxygen atoms in total. The molecule has 1 unspecified atom stereocenters. The predicted octanol–water partition coefficient (Wildman–Crippen LogP) is 5.15. The third-order valence-corrected chi connectivity index (χ3v) is 6.25. The molecule has 0 bridgehead atoms. The highest BCUT2D eigenvalue weighted by atomic mass is 15.2. The van der Waals surface area contributed by atoms with Crippen molar-refractivity contribution in [2.24, 2.45) is 0 Å². The first kappa shape index (κ1) is 14.5. The van der Waals surface area contributed by atoms with Crippen molar-refractivity contribution in [3.8, 4) is 0 Å². The van der Waals surface area contributed by atoms with Gasteiger partial charge in [-0.05, 0) is 85.0 Å². The molecule has 2 aromatic rings. The van der Waals surface area contributed by atoms with Crippen LogP contribution in [-0.4, -0.2) is 24.0 Å². The Morgan fingerprint density at radius 1 is 0.750 bits per heavy atom. The van der Waals surface area contributed by atoms with Crippen molar-refractivity contribution in [2.45, 2.75) is 44.6 Å². The van der Waals surface area contributed by atoms with Crippen molar-refractivity contribution in [1.29, 1.82) is 0 Å². The number of fused-ring (bicyclic) bond motifs is 4. The summed E-state index contributed by atoms with van der Waals surface area (Å²) in [6.45, 7) is 2.62. The van der Waals surface area contributed by atoms with E-state index in [1.165, 1.54) is 67.4 Å². The molecule has 1 saturated heterocycles. The molecular formula is C23H25N. The van der Waals surface area contributed by atoms with Gasteiger partial charge in [0.15, 0.2) is 0 Å². The van der Waals surface area contributed by atoms with Gasteiger partial charge in [0, 0.05) is 6.04 Å². The molecule has 1 aliphatic heterocycles. The van der Waals surface area contributed by atoms with Crippen molar-refractivity contribution in [3.05, 3.63) is 70.8 Å². The van der Waals surface area contributed by atoms with E-state index in [1.807, 2.05) is 0 Å². The average molecular weight is 315 g/mol. The minimum atomic E-state index is 0.754. The monoisotopic (exact) mass is 315 g/mol. The van der Waals surface area contributed by atoms with E-state index in [2.05, 4.69) is 53.4 Å². The van der Waals surface area contributed by atoms with Gasteiger partial charge in [-0.3, -0.25) is 0 Å². The van der Waals surface area contributed by atoms with Gasteiger partial charge in [-0.2, -0.15) is 0 Å². The first-order chi connectivity index (χ1) is 11.9. The summed E-state index contributed by atoms with van der Waals surface area (Å²) in [5, 5.41) is 0. The maximum atomic E-state index is 2.75. The highest BCUT2D eigenvalue weighted by molar-refractivity contribution is 5.95. The Kier molecular flexibility index (Phi) is 3.56. The van der Waals surface area contributed by atoms with Crippen LogP contribution in [0, 0.1) is 0 Å². The molecule has 1 heterocycles. The second-order valence-electron chi connectivity index (χ2n) is 7.59. The first-order valence-corrected chi connectivity index (χ1v) is 9.53. The van der Waals surface area contributed by atoms with E-state index in [1.54, 1.807) is 11.1 Å². The lowest BCUT2D eigenvalue weighted by Crippen LogP contribution is -2.34. The molecule has 0 spiro atoms. The van der Waals surface area contributed by atoms with Crippen LogP contribution in [0.4, 0.5) is 0 Å². The summed E-state index contributed by atoms with van der Waals surface area (Å²) in [6.07, 6.45) is 7.66. The molecule has 1 heteroatoms. The molecule has 1 fully saturated rings. The molecule has 24 heavy (non-hydrogen) atoms. The van der Waals surface area contributed by atoms with Crippen LogP contribution in [0.15, 0.2) is 48.5 Å². The number of rotatable bonds is 1. The van der Waals surface area contributed by atoms with E-state index >= 15 is 0 Å². The minimum Gasteiger partial charge on any atom is -0.300 e. The molecule has 0 amide bonds. The molecule has 0 aromatic heterocycles. The third-order valence-electron chi connectivity index (χ3n) is 6.25. The van der Waals surface area contributed by atoms with E-state index in [9.17, 15) is 0 Å². The summed E-state index contributed by atoms with van der Waals surface area (Å²) in [5.74, 6) is 0. The Balaban J connectivity index is 1.64. The molecule has 5 rings (SSSR count). The van der Waals surface area contributed by atoms with Crippen molar-refractivity contribution >= 4 is 11.1 Å². The van der Waals surface area contributed by atoms with Crippen molar-refractivity contribution in [2.75, 3.05) is 13.1 Å². The molecule has 1 atom stereocenters. The fourth-order valence-corrected chi connectivity index (χ4v) is 5.05. The number of hydrogen-bond donors (Lipinski definition) is 0. The fourth-order valence-electron chi connectivity index (χ4n) is 5.05. The number of allylic oxidation sites excluding steroid dienone is 1. The molecule has 3 aliphatic rings. The average Bonchev–Trinajstić information content (AvgIpc) is 3.13. The molecule has 2 aliphatic carbocycles. The Morgan fingerprint density at radius 3 is 2.08 bits per heavy atom. The van der Waals surface area contributed by atoms with Gasteiger partial charge < -0.3 is 4.90 Å². The Labute approximate surface area is 145 Å². The van der Waals surface area contributed by atoms with E-state index in [4.69, 9.17) is 0 Å². The van der Waals surface area contributed by atoms with Crippen LogP contribution in [0.1, 0.15) is 54.4 Å². The summed E-state index contributed by atoms with van der Waals surface area (Å²) in [7, 11) is 0. The van der Waals surface area contributed by atoms with Crippen LogP contribution < -0.4 is 0 Å². The van der Waals surface area contributed by atoms with Crippen molar-refractivity contribution < 1.29 is 0 Å². The summed E-state index contributed by atoms with van der Waals surface area (Å²) < 4.78 is 0. The molecule has 2 aromatic carbocycles. The Morgan fingerprint density at radius 2 is 1.38 bits per heavy atom. The van der Waals surface area contributed by atoms with Crippen LogP contribution in [0.3, 0.4) is 0 Å². The second-order valence-corrected chi connectivity index (χ2v) is 7.59. The van der Waals surface area contributed by atoms with Crippen LogP contribution in [0.2, 0.25) is 0 Å². The first-order valence-electron chi connectivity index (χ1n) is 9.53. The lowest BCUT2D eigenvalue weighted by atomic mass is 9.81. The summed E-state index contributed by atoms with van der Waals surface area (Å²) in [6, 6.07) is 19.0. The van der Waals surface area contributed by atoms with E-state index in [0.717, 1.165) is 12.5 Å². The van der Waals surface area contributed by atoms with E-state index in [-0.39, 0.29) is 0 Å². The van der Waals surface area contributed by atoms with Gasteiger partial charge in [0.05, 0.1) is 0 Å². The highest BCUT2D eigenvalue weighted by Gasteiger charge is 2.31. The lowest BCUT2D eigenvalue weighted by Gasteiger charge is -2.34.